The van der Waals surface area contributed by atoms with Gasteiger partial charge < -0.3 is 19.8 Å². The molecule has 2 aromatic heterocycles. The second kappa shape index (κ2) is 6.48. The van der Waals surface area contributed by atoms with E-state index in [0.717, 1.165) is 0 Å². The van der Waals surface area contributed by atoms with Crippen molar-refractivity contribution in [3.63, 3.8) is 0 Å². The van der Waals surface area contributed by atoms with Crippen LogP contribution in [0.25, 0.3) is 11.2 Å². The first-order chi connectivity index (χ1) is 11.0. The predicted molar refractivity (Wildman–Crippen MR) is 86.5 cm³/mol. The van der Waals surface area contributed by atoms with Gasteiger partial charge in [-0.05, 0) is 15.9 Å². The molecule has 2 N–H and O–H groups in total. The van der Waals surface area contributed by atoms with Gasteiger partial charge in [0.15, 0.2) is 21.7 Å². The summed E-state index contributed by atoms with van der Waals surface area (Å²) in [6, 6.07) is 0. The molecule has 0 aliphatic carbocycles. The summed E-state index contributed by atoms with van der Waals surface area (Å²) >= 11 is 3.39. The number of aliphatic hydroxyl groups excluding tert-OH is 2. The number of hydrogen-bond acceptors (Lipinski definition) is 7. The molecule has 2 aromatic rings. The molecule has 3 rings (SSSR count). The van der Waals surface area contributed by atoms with Gasteiger partial charge in [-0.15, -0.1) is 0 Å². The van der Waals surface area contributed by atoms with Crippen molar-refractivity contribution in [1.29, 1.82) is 0 Å². The van der Waals surface area contributed by atoms with Crippen LogP contribution in [0.3, 0.4) is 0 Å². The molecule has 3 heterocycles. The van der Waals surface area contributed by atoms with Gasteiger partial charge in [-0.25, -0.2) is 19.9 Å². The zero-order chi connectivity index (χ0) is 16.6. The molecule has 0 bridgehead atoms. The fraction of sp³-hybridized carbons (Fsp3) is 0.538. The molecule has 1 aliphatic heterocycles. The monoisotopic (exact) mass is 384 g/mol. The molecule has 0 radical (unpaired) electrons. The summed E-state index contributed by atoms with van der Waals surface area (Å²) in [6.07, 6.45) is 1.56. The Morgan fingerprint density at radius 3 is 2.96 bits per heavy atom. The van der Waals surface area contributed by atoms with Crippen LogP contribution in [0, 0.1) is 0 Å². The smallest absolute Gasteiger partial charge is 0.185 e. The molecule has 1 saturated heterocycles. The number of aliphatic hydroxyl groups is 2. The molecule has 10 heteroatoms. The third kappa shape index (κ3) is 3.07. The van der Waals surface area contributed by atoms with Crippen LogP contribution in [0.15, 0.2) is 16.1 Å². The molecule has 23 heavy (non-hydrogen) atoms. The summed E-state index contributed by atoms with van der Waals surface area (Å²) in [6.45, 7) is -0.241. The van der Waals surface area contributed by atoms with E-state index in [0.29, 0.717) is 28.1 Å². The SMILES string of the molecule is CN(C)C=Nc1ncnc2c1nc(Br)n2[C@H]1C[C@H](O)[C@@H](CO)O1. The number of halogens is 1. The van der Waals surface area contributed by atoms with E-state index in [1.807, 2.05) is 14.1 Å². The van der Waals surface area contributed by atoms with Crippen molar-refractivity contribution >= 4 is 39.3 Å². The minimum Gasteiger partial charge on any atom is -0.394 e. The number of nitrogens with zero attached hydrogens (tertiary/aromatic N) is 6. The van der Waals surface area contributed by atoms with E-state index in [2.05, 4.69) is 35.9 Å². The third-order valence-corrected chi connectivity index (χ3v) is 4.06. The normalized spacial score (nSPS) is 24.8. The van der Waals surface area contributed by atoms with Gasteiger partial charge in [0, 0.05) is 20.5 Å². The fourth-order valence-corrected chi connectivity index (χ4v) is 3.00. The first-order valence-electron chi connectivity index (χ1n) is 7.04. The number of fused-ring (bicyclic) bond motifs is 1. The van der Waals surface area contributed by atoms with Crippen molar-refractivity contribution in [3.8, 4) is 0 Å². The van der Waals surface area contributed by atoms with E-state index < -0.39 is 18.4 Å². The first-order valence-corrected chi connectivity index (χ1v) is 7.84. The highest BCUT2D eigenvalue weighted by atomic mass is 79.9. The lowest BCUT2D eigenvalue weighted by atomic mass is 10.2. The topological polar surface area (TPSA) is 109 Å². The first kappa shape index (κ1) is 16.2. The molecule has 0 unspecified atom stereocenters. The summed E-state index contributed by atoms with van der Waals surface area (Å²) in [4.78, 5) is 18.9. The Hall–Kier alpha value is -1.62. The third-order valence-electron chi connectivity index (χ3n) is 3.50. The molecule has 0 amide bonds. The van der Waals surface area contributed by atoms with Crippen LogP contribution >= 0.6 is 15.9 Å². The number of aliphatic imine (C=N–C) groups is 1. The molecule has 0 aromatic carbocycles. The minimum absolute atomic E-state index is 0.241. The maximum Gasteiger partial charge on any atom is 0.185 e. The average Bonchev–Trinajstić information content (AvgIpc) is 3.03. The van der Waals surface area contributed by atoms with Crippen molar-refractivity contribution < 1.29 is 14.9 Å². The van der Waals surface area contributed by atoms with E-state index in [4.69, 9.17) is 4.74 Å². The highest BCUT2D eigenvalue weighted by Crippen LogP contribution is 2.35. The lowest BCUT2D eigenvalue weighted by Gasteiger charge is -2.14. The fourth-order valence-electron chi connectivity index (χ4n) is 2.43. The van der Waals surface area contributed by atoms with Crippen molar-refractivity contribution in [1.82, 2.24) is 24.4 Å². The largest absolute Gasteiger partial charge is 0.394 e. The van der Waals surface area contributed by atoms with Crippen LogP contribution < -0.4 is 0 Å². The predicted octanol–water partition coefficient (Wildman–Crippen LogP) is 0.451. The molecule has 3 atom stereocenters. The van der Waals surface area contributed by atoms with E-state index >= 15 is 0 Å². The Morgan fingerprint density at radius 2 is 2.30 bits per heavy atom. The van der Waals surface area contributed by atoms with Crippen LogP contribution in [-0.2, 0) is 4.74 Å². The van der Waals surface area contributed by atoms with Crippen LogP contribution in [0.1, 0.15) is 12.6 Å². The number of ether oxygens (including phenoxy) is 1. The maximum atomic E-state index is 9.93. The van der Waals surface area contributed by atoms with Crippen LogP contribution in [0.2, 0.25) is 0 Å². The summed E-state index contributed by atoms with van der Waals surface area (Å²) in [5.41, 5.74) is 1.08. The Bertz CT molecular complexity index is 734. The molecule has 0 saturated carbocycles. The van der Waals surface area contributed by atoms with E-state index in [9.17, 15) is 10.2 Å². The van der Waals surface area contributed by atoms with Crippen molar-refractivity contribution in [2.75, 3.05) is 20.7 Å². The highest BCUT2D eigenvalue weighted by Gasteiger charge is 2.36. The maximum absolute atomic E-state index is 9.93. The lowest BCUT2D eigenvalue weighted by molar-refractivity contribution is -0.0439. The second-order valence-corrected chi connectivity index (χ2v) is 6.15. The summed E-state index contributed by atoms with van der Waals surface area (Å²) in [5.74, 6) is 0.445. The van der Waals surface area contributed by atoms with Crippen LogP contribution in [0.4, 0.5) is 5.82 Å². The van der Waals surface area contributed by atoms with Gasteiger partial charge in [-0.1, -0.05) is 0 Å². The minimum atomic E-state index is -0.734. The average molecular weight is 385 g/mol. The Morgan fingerprint density at radius 1 is 1.52 bits per heavy atom. The van der Waals surface area contributed by atoms with Crippen LogP contribution in [-0.4, -0.2) is 73.9 Å². The van der Waals surface area contributed by atoms with Gasteiger partial charge in [-0.2, -0.15) is 0 Å². The number of rotatable bonds is 4. The standard InChI is InChI=1S/C13H17BrN6O3/c1-19(2)6-17-11-10-12(16-5-15-11)20(13(14)18-10)9-3-7(22)8(4-21)23-9/h5-9,21-22H,3-4H2,1-2H3/t7-,8+,9+/m0/s1. The van der Waals surface area contributed by atoms with Gasteiger partial charge in [0.2, 0.25) is 0 Å². The molecule has 124 valence electrons. The molecule has 1 fully saturated rings. The zero-order valence-corrected chi connectivity index (χ0v) is 14.3. The van der Waals surface area contributed by atoms with E-state index in [-0.39, 0.29) is 6.61 Å². The van der Waals surface area contributed by atoms with Crippen LogP contribution in [0.5, 0.6) is 0 Å². The summed E-state index contributed by atoms with van der Waals surface area (Å²) < 4.78 is 7.91. The number of aromatic nitrogens is 4. The number of imidazole rings is 1. The van der Waals surface area contributed by atoms with E-state index in [1.165, 1.54) is 6.33 Å². The van der Waals surface area contributed by atoms with Gasteiger partial charge in [0.25, 0.3) is 0 Å². The van der Waals surface area contributed by atoms with E-state index in [1.54, 1.807) is 15.8 Å². The summed E-state index contributed by atoms with van der Waals surface area (Å²) in [7, 11) is 3.72. The molecule has 0 spiro atoms. The molecular formula is C13H17BrN6O3. The lowest BCUT2D eigenvalue weighted by Crippen LogP contribution is -2.24. The van der Waals surface area contributed by atoms with Crippen molar-refractivity contribution in [2.45, 2.75) is 24.9 Å². The highest BCUT2D eigenvalue weighted by molar-refractivity contribution is 9.10. The summed E-state index contributed by atoms with van der Waals surface area (Å²) in [5, 5.41) is 19.2. The zero-order valence-electron chi connectivity index (χ0n) is 12.7. The second-order valence-electron chi connectivity index (χ2n) is 5.44. The number of hydrogen-bond donors (Lipinski definition) is 2. The Kier molecular flexibility index (Phi) is 4.57. The quantitative estimate of drug-likeness (QED) is 0.447. The molecule has 9 nitrogen and oxygen atoms in total. The van der Waals surface area contributed by atoms with Crippen molar-refractivity contribution in [2.24, 2.45) is 4.99 Å². The van der Waals surface area contributed by atoms with Gasteiger partial charge >= 0.3 is 0 Å². The molecular weight excluding hydrogens is 368 g/mol. The Balaban J connectivity index is 2.02. The molecule has 1 aliphatic rings. The van der Waals surface area contributed by atoms with Gasteiger partial charge in [0.05, 0.1) is 19.0 Å². The van der Waals surface area contributed by atoms with Gasteiger partial charge in [-0.3, -0.25) is 4.57 Å². The van der Waals surface area contributed by atoms with Gasteiger partial charge in [0.1, 0.15) is 18.7 Å². The van der Waals surface area contributed by atoms with Crippen molar-refractivity contribution in [3.05, 3.63) is 11.1 Å². The Labute approximate surface area is 140 Å².